The molecule has 0 saturated carbocycles. The van der Waals surface area contributed by atoms with Crippen molar-refractivity contribution in [2.24, 2.45) is 0 Å². The normalized spacial score (nSPS) is 10.1. The zero-order valence-corrected chi connectivity index (χ0v) is 15.0. The summed E-state index contributed by atoms with van der Waals surface area (Å²) in [5.41, 5.74) is 0.370. The fourth-order valence-electron chi connectivity index (χ4n) is 1.66. The second-order valence-electron chi connectivity index (χ2n) is 4.25. The van der Waals surface area contributed by atoms with Crippen LogP contribution in [0.3, 0.4) is 0 Å². The molecule has 0 N–H and O–H groups in total. The van der Waals surface area contributed by atoms with Gasteiger partial charge in [-0.25, -0.2) is 0 Å². The third-order valence-electron chi connectivity index (χ3n) is 2.78. The molecule has 0 aliphatic heterocycles. The van der Waals surface area contributed by atoms with Crippen molar-refractivity contribution in [1.29, 1.82) is 0 Å². The second-order valence-corrected chi connectivity index (χ2v) is 5.82. The minimum absolute atomic E-state index is 0.149. The summed E-state index contributed by atoms with van der Waals surface area (Å²) in [7, 11) is 3.11. The lowest BCUT2D eigenvalue weighted by atomic mass is 10.1. The number of methoxy groups -OCH3 is 1. The smallest absolute Gasteiger partial charge is 0.307 e. The summed E-state index contributed by atoms with van der Waals surface area (Å²) in [6.07, 6.45) is 0.149. The molecule has 21 heavy (non-hydrogen) atoms. The van der Waals surface area contributed by atoms with Crippen molar-refractivity contribution in [1.82, 2.24) is 4.90 Å². The van der Waals surface area contributed by atoms with E-state index in [0.29, 0.717) is 22.9 Å². The molecule has 1 aromatic rings. The van der Waals surface area contributed by atoms with Crippen LogP contribution in [0, 0.1) is 3.57 Å². The lowest BCUT2D eigenvalue weighted by Crippen LogP contribution is -2.29. The molecule has 0 atom stereocenters. The van der Waals surface area contributed by atoms with E-state index < -0.39 is 0 Å². The van der Waals surface area contributed by atoms with Crippen molar-refractivity contribution in [3.05, 3.63) is 26.3 Å². The summed E-state index contributed by atoms with van der Waals surface area (Å²) in [6, 6.07) is 3.28. The van der Waals surface area contributed by atoms with Gasteiger partial charge in [0.15, 0.2) is 0 Å². The molecule has 5 nitrogen and oxygen atoms in total. The molecule has 0 aliphatic rings. The molecule has 0 heterocycles. The summed E-state index contributed by atoms with van der Waals surface area (Å²) in [5.74, 6) is -0.129. The van der Waals surface area contributed by atoms with Gasteiger partial charge in [0.2, 0.25) is 0 Å². The number of carbonyl (C=O) groups is 2. The van der Waals surface area contributed by atoms with Crippen molar-refractivity contribution in [3.63, 3.8) is 0 Å². The van der Waals surface area contributed by atoms with E-state index >= 15 is 0 Å². The SMILES string of the molecule is CCOC(=O)CCN(C)C(=O)c1cc(Cl)c(I)cc1OC. The molecule has 0 saturated heterocycles. The Morgan fingerprint density at radius 1 is 1.38 bits per heavy atom. The van der Waals surface area contributed by atoms with E-state index in [4.69, 9.17) is 21.1 Å². The molecule has 0 aliphatic carbocycles. The number of carbonyl (C=O) groups excluding carboxylic acids is 2. The van der Waals surface area contributed by atoms with Gasteiger partial charge in [0.25, 0.3) is 5.91 Å². The van der Waals surface area contributed by atoms with Gasteiger partial charge < -0.3 is 14.4 Å². The quantitative estimate of drug-likeness (QED) is 0.519. The topological polar surface area (TPSA) is 55.8 Å². The molecule has 0 spiro atoms. The summed E-state index contributed by atoms with van der Waals surface area (Å²) < 4.78 is 10.9. The maximum atomic E-state index is 12.4. The highest BCUT2D eigenvalue weighted by Crippen LogP contribution is 2.29. The zero-order valence-electron chi connectivity index (χ0n) is 12.1. The number of halogens is 2. The average Bonchev–Trinajstić information content (AvgIpc) is 2.46. The van der Waals surface area contributed by atoms with Crippen LogP contribution < -0.4 is 4.74 Å². The third kappa shape index (κ3) is 5.03. The highest BCUT2D eigenvalue weighted by Gasteiger charge is 2.19. The van der Waals surface area contributed by atoms with Crippen LogP contribution in [-0.4, -0.2) is 44.1 Å². The number of nitrogens with zero attached hydrogens (tertiary/aromatic N) is 1. The first-order valence-electron chi connectivity index (χ1n) is 6.34. The molecular formula is C14H17ClINO4. The average molecular weight is 426 g/mol. The first-order chi connectivity index (χ1) is 9.90. The highest BCUT2D eigenvalue weighted by molar-refractivity contribution is 14.1. The molecule has 0 unspecified atom stereocenters. The first-order valence-corrected chi connectivity index (χ1v) is 7.80. The van der Waals surface area contributed by atoms with Crippen molar-refractivity contribution in [3.8, 4) is 5.75 Å². The van der Waals surface area contributed by atoms with Gasteiger partial charge in [0.1, 0.15) is 5.75 Å². The summed E-state index contributed by atoms with van der Waals surface area (Å²) in [6.45, 7) is 2.34. The number of esters is 1. The van der Waals surface area contributed by atoms with Crippen LogP contribution in [0.25, 0.3) is 0 Å². The van der Waals surface area contributed by atoms with Crippen LogP contribution >= 0.6 is 34.2 Å². The Morgan fingerprint density at radius 3 is 2.62 bits per heavy atom. The van der Waals surface area contributed by atoms with Gasteiger partial charge in [-0.3, -0.25) is 9.59 Å². The van der Waals surface area contributed by atoms with Gasteiger partial charge in [-0.05, 0) is 41.6 Å². The van der Waals surface area contributed by atoms with Gasteiger partial charge in [-0.15, -0.1) is 0 Å². The Bertz CT molecular complexity index is 536. The molecular weight excluding hydrogens is 409 g/mol. The lowest BCUT2D eigenvalue weighted by Gasteiger charge is -2.18. The zero-order chi connectivity index (χ0) is 16.0. The first kappa shape index (κ1) is 18.0. The van der Waals surface area contributed by atoms with E-state index in [0.717, 1.165) is 3.57 Å². The minimum Gasteiger partial charge on any atom is -0.496 e. The fourth-order valence-corrected chi connectivity index (χ4v) is 2.27. The summed E-state index contributed by atoms with van der Waals surface area (Å²) >= 11 is 8.12. The minimum atomic E-state index is -0.329. The standard InChI is InChI=1S/C14H17ClINO4/c1-4-21-13(18)5-6-17(2)14(19)9-7-10(15)11(16)8-12(9)20-3/h7-8H,4-6H2,1-3H3. The van der Waals surface area contributed by atoms with Gasteiger partial charge in [-0.2, -0.15) is 0 Å². The predicted octanol–water partition coefficient (Wildman–Crippen LogP) is 2.98. The molecule has 1 aromatic carbocycles. The lowest BCUT2D eigenvalue weighted by molar-refractivity contribution is -0.143. The van der Waals surface area contributed by atoms with Crippen molar-refractivity contribution < 1.29 is 19.1 Å². The highest BCUT2D eigenvalue weighted by atomic mass is 127. The molecule has 116 valence electrons. The van der Waals surface area contributed by atoms with E-state index in [1.165, 1.54) is 12.0 Å². The Morgan fingerprint density at radius 2 is 2.05 bits per heavy atom. The Labute approximate surface area is 142 Å². The Kier molecular flexibility index (Phi) is 7.24. The molecule has 0 fully saturated rings. The van der Waals surface area contributed by atoms with E-state index in [2.05, 4.69) is 22.6 Å². The monoisotopic (exact) mass is 425 g/mol. The molecule has 0 radical (unpaired) electrons. The van der Waals surface area contributed by atoms with Crippen LogP contribution in [-0.2, 0) is 9.53 Å². The number of rotatable bonds is 6. The third-order valence-corrected chi connectivity index (χ3v) is 4.30. The van der Waals surface area contributed by atoms with Gasteiger partial charge in [0.05, 0.1) is 30.7 Å². The van der Waals surface area contributed by atoms with Crippen LogP contribution in [0.1, 0.15) is 23.7 Å². The Hall–Kier alpha value is -1.02. The van der Waals surface area contributed by atoms with Crippen LogP contribution in [0.2, 0.25) is 5.02 Å². The molecule has 7 heteroatoms. The molecule has 1 amide bonds. The van der Waals surface area contributed by atoms with Crippen molar-refractivity contribution in [2.45, 2.75) is 13.3 Å². The van der Waals surface area contributed by atoms with Crippen LogP contribution in [0.4, 0.5) is 0 Å². The number of amides is 1. The maximum Gasteiger partial charge on any atom is 0.307 e. The summed E-state index contributed by atoms with van der Waals surface area (Å²) in [4.78, 5) is 25.2. The van der Waals surface area contributed by atoms with E-state index in [9.17, 15) is 9.59 Å². The van der Waals surface area contributed by atoms with Crippen molar-refractivity contribution >= 4 is 46.1 Å². The number of benzene rings is 1. The van der Waals surface area contributed by atoms with E-state index in [-0.39, 0.29) is 24.8 Å². The molecule has 1 rings (SSSR count). The number of hydrogen-bond acceptors (Lipinski definition) is 4. The largest absolute Gasteiger partial charge is 0.496 e. The predicted molar refractivity (Wildman–Crippen MR) is 88.9 cm³/mol. The summed E-state index contributed by atoms with van der Waals surface area (Å²) in [5, 5.41) is 0.485. The van der Waals surface area contributed by atoms with Gasteiger partial charge in [-0.1, -0.05) is 11.6 Å². The van der Waals surface area contributed by atoms with Crippen LogP contribution in [0.15, 0.2) is 12.1 Å². The van der Waals surface area contributed by atoms with Gasteiger partial charge >= 0.3 is 5.97 Å². The molecule has 0 bridgehead atoms. The van der Waals surface area contributed by atoms with E-state index in [1.54, 1.807) is 26.1 Å². The number of ether oxygens (including phenoxy) is 2. The molecule has 0 aromatic heterocycles. The second kappa shape index (κ2) is 8.43. The Balaban J connectivity index is 2.83. The maximum absolute atomic E-state index is 12.4. The van der Waals surface area contributed by atoms with Gasteiger partial charge in [0, 0.05) is 17.2 Å². The van der Waals surface area contributed by atoms with E-state index in [1.807, 2.05) is 0 Å². The fraction of sp³-hybridized carbons (Fsp3) is 0.429. The van der Waals surface area contributed by atoms with Crippen molar-refractivity contribution in [2.75, 3.05) is 27.3 Å². The number of hydrogen-bond donors (Lipinski definition) is 0. The van der Waals surface area contributed by atoms with Crippen LogP contribution in [0.5, 0.6) is 5.75 Å².